The van der Waals surface area contributed by atoms with Crippen molar-refractivity contribution >= 4 is 45.8 Å². The highest BCUT2D eigenvalue weighted by Gasteiger charge is 2.25. The summed E-state index contributed by atoms with van der Waals surface area (Å²) in [5.41, 5.74) is 9.25. The lowest BCUT2D eigenvalue weighted by Crippen LogP contribution is -2.27. The number of pyridine rings is 1. The normalized spacial score (nSPS) is 14.7. The number of hydrogen-bond donors (Lipinski definition) is 1. The SMILES string of the molecule is CN1CCc2nc3oc(C(=O)c4ccc(Cl)cc4Cl)c(N)c3cc2C1. The first-order valence-electron chi connectivity index (χ1n) is 7.83. The maximum Gasteiger partial charge on any atom is 0.231 e. The molecule has 3 aromatic rings. The van der Waals surface area contributed by atoms with Crippen LogP contribution in [0.15, 0.2) is 28.7 Å². The first-order chi connectivity index (χ1) is 11.9. The summed E-state index contributed by atoms with van der Waals surface area (Å²) in [4.78, 5) is 19.6. The lowest BCUT2D eigenvalue weighted by Gasteiger charge is -2.23. The standard InChI is InChI=1S/C18H15Cl2N3O2/c1-23-5-4-14-9(8-23)6-12-15(21)17(25-18(12)22-14)16(24)11-3-2-10(19)7-13(11)20/h2-3,6-7H,4-5,8,21H2,1H3. The number of anilines is 1. The maximum absolute atomic E-state index is 12.8. The Kier molecular flexibility index (Phi) is 3.95. The molecular formula is C18H15Cl2N3O2. The summed E-state index contributed by atoms with van der Waals surface area (Å²) in [6.45, 7) is 1.74. The highest BCUT2D eigenvalue weighted by atomic mass is 35.5. The zero-order chi connectivity index (χ0) is 17.7. The summed E-state index contributed by atoms with van der Waals surface area (Å²) in [6.07, 6.45) is 0.842. The monoisotopic (exact) mass is 375 g/mol. The van der Waals surface area contributed by atoms with Crippen LogP contribution in [0.25, 0.3) is 11.1 Å². The Morgan fingerprint density at radius 3 is 2.88 bits per heavy atom. The number of fused-ring (bicyclic) bond motifs is 2. The second-order valence-electron chi connectivity index (χ2n) is 6.23. The van der Waals surface area contributed by atoms with Crippen LogP contribution >= 0.6 is 23.2 Å². The highest BCUT2D eigenvalue weighted by molar-refractivity contribution is 6.37. The molecule has 0 aliphatic carbocycles. The number of rotatable bonds is 2. The summed E-state index contributed by atoms with van der Waals surface area (Å²) >= 11 is 12.0. The molecule has 0 saturated carbocycles. The van der Waals surface area contributed by atoms with Crippen LogP contribution in [0, 0.1) is 0 Å². The summed E-state index contributed by atoms with van der Waals surface area (Å²) in [5.74, 6) is -0.324. The topological polar surface area (TPSA) is 72.4 Å². The molecule has 1 aromatic carbocycles. The van der Waals surface area contributed by atoms with Gasteiger partial charge in [0, 0.05) is 30.1 Å². The predicted molar refractivity (Wildman–Crippen MR) is 98.4 cm³/mol. The van der Waals surface area contributed by atoms with E-state index in [9.17, 15) is 4.79 Å². The van der Waals surface area contributed by atoms with E-state index in [0.29, 0.717) is 21.7 Å². The van der Waals surface area contributed by atoms with Crippen LogP contribution in [0.4, 0.5) is 5.69 Å². The molecular weight excluding hydrogens is 361 g/mol. The minimum atomic E-state index is -0.382. The Balaban J connectivity index is 1.82. The van der Waals surface area contributed by atoms with E-state index in [4.69, 9.17) is 33.4 Å². The molecule has 3 heterocycles. The van der Waals surface area contributed by atoms with Crippen molar-refractivity contribution in [2.24, 2.45) is 0 Å². The first-order valence-corrected chi connectivity index (χ1v) is 8.58. The van der Waals surface area contributed by atoms with Gasteiger partial charge in [0.05, 0.1) is 21.8 Å². The van der Waals surface area contributed by atoms with Crippen LogP contribution in [-0.2, 0) is 13.0 Å². The third-order valence-corrected chi connectivity index (χ3v) is 4.99. The molecule has 0 spiro atoms. The predicted octanol–water partition coefficient (Wildman–Crippen LogP) is 3.94. The van der Waals surface area contributed by atoms with Gasteiger partial charge in [-0.15, -0.1) is 0 Å². The van der Waals surface area contributed by atoms with Crippen molar-refractivity contribution in [1.29, 1.82) is 0 Å². The van der Waals surface area contributed by atoms with E-state index in [1.807, 2.05) is 6.07 Å². The Morgan fingerprint density at radius 2 is 2.12 bits per heavy atom. The number of furan rings is 1. The van der Waals surface area contributed by atoms with E-state index in [1.54, 1.807) is 12.1 Å². The van der Waals surface area contributed by atoms with Gasteiger partial charge in [-0.2, -0.15) is 0 Å². The number of halogens is 2. The van der Waals surface area contributed by atoms with Gasteiger partial charge in [0.2, 0.25) is 17.3 Å². The number of aromatic nitrogens is 1. The van der Waals surface area contributed by atoms with E-state index in [-0.39, 0.29) is 22.3 Å². The van der Waals surface area contributed by atoms with Crippen LogP contribution in [0.3, 0.4) is 0 Å². The van der Waals surface area contributed by atoms with Crippen molar-refractivity contribution < 1.29 is 9.21 Å². The van der Waals surface area contributed by atoms with Crippen molar-refractivity contribution in [2.75, 3.05) is 19.3 Å². The van der Waals surface area contributed by atoms with Crippen molar-refractivity contribution in [3.05, 3.63) is 56.9 Å². The Hall–Kier alpha value is -2.08. The lowest BCUT2D eigenvalue weighted by molar-refractivity contribution is 0.101. The number of nitrogens with two attached hydrogens (primary N) is 1. The van der Waals surface area contributed by atoms with Gasteiger partial charge < -0.3 is 15.1 Å². The largest absolute Gasteiger partial charge is 0.432 e. The third kappa shape index (κ3) is 2.78. The number of nitrogens with zero attached hydrogens (tertiary/aromatic N) is 2. The number of nitrogen functional groups attached to an aromatic ring is 1. The third-order valence-electron chi connectivity index (χ3n) is 4.44. The van der Waals surface area contributed by atoms with E-state index in [0.717, 1.165) is 30.8 Å². The molecule has 4 rings (SSSR count). The smallest absolute Gasteiger partial charge is 0.231 e. The van der Waals surface area contributed by atoms with Crippen LogP contribution in [-0.4, -0.2) is 29.3 Å². The van der Waals surface area contributed by atoms with Gasteiger partial charge in [0.25, 0.3) is 0 Å². The van der Waals surface area contributed by atoms with Crippen LogP contribution in [0.1, 0.15) is 27.4 Å². The number of hydrogen-bond acceptors (Lipinski definition) is 5. The number of benzene rings is 1. The van der Waals surface area contributed by atoms with Gasteiger partial charge in [-0.05, 0) is 36.9 Å². The van der Waals surface area contributed by atoms with Crippen molar-refractivity contribution in [1.82, 2.24) is 9.88 Å². The summed E-state index contributed by atoms with van der Waals surface area (Å²) < 4.78 is 5.70. The molecule has 1 aliphatic rings. The number of ketones is 1. The summed E-state index contributed by atoms with van der Waals surface area (Å²) in [6, 6.07) is 6.65. The highest BCUT2D eigenvalue weighted by Crippen LogP contribution is 2.33. The second kappa shape index (κ2) is 6.02. The molecule has 128 valence electrons. The molecule has 0 saturated heterocycles. The maximum atomic E-state index is 12.8. The van der Waals surface area contributed by atoms with E-state index in [1.165, 1.54) is 6.07 Å². The fourth-order valence-corrected chi connectivity index (χ4v) is 3.60. The molecule has 0 fully saturated rings. The molecule has 7 heteroatoms. The molecule has 5 nitrogen and oxygen atoms in total. The second-order valence-corrected chi connectivity index (χ2v) is 7.08. The van der Waals surface area contributed by atoms with Gasteiger partial charge in [-0.25, -0.2) is 4.98 Å². The van der Waals surface area contributed by atoms with Gasteiger partial charge in [0.15, 0.2) is 0 Å². The van der Waals surface area contributed by atoms with Gasteiger partial charge in [-0.1, -0.05) is 23.2 Å². The molecule has 2 N–H and O–H groups in total. The zero-order valence-electron chi connectivity index (χ0n) is 13.5. The Labute approximate surface area is 154 Å². The van der Waals surface area contributed by atoms with Crippen LogP contribution in [0.5, 0.6) is 0 Å². The van der Waals surface area contributed by atoms with Crippen molar-refractivity contribution in [3.63, 3.8) is 0 Å². The van der Waals surface area contributed by atoms with E-state index < -0.39 is 0 Å². The van der Waals surface area contributed by atoms with Gasteiger partial charge >= 0.3 is 0 Å². The van der Waals surface area contributed by atoms with Crippen molar-refractivity contribution in [2.45, 2.75) is 13.0 Å². The minimum Gasteiger partial charge on any atom is -0.432 e. The number of carbonyl (C=O) groups is 1. The molecule has 0 atom stereocenters. The minimum absolute atomic E-state index is 0.0578. The molecule has 0 bridgehead atoms. The zero-order valence-corrected chi connectivity index (χ0v) is 15.0. The van der Waals surface area contributed by atoms with Crippen LogP contribution in [0.2, 0.25) is 10.0 Å². The fourth-order valence-electron chi connectivity index (χ4n) is 3.10. The molecule has 25 heavy (non-hydrogen) atoms. The number of likely N-dealkylation sites (N-methyl/N-ethyl adjacent to an activating group) is 1. The Morgan fingerprint density at radius 1 is 1.32 bits per heavy atom. The molecule has 0 radical (unpaired) electrons. The quantitative estimate of drug-likeness (QED) is 0.686. The summed E-state index contributed by atoms with van der Waals surface area (Å²) in [7, 11) is 2.06. The first kappa shape index (κ1) is 16.4. The average molecular weight is 376 g/mol. The van der Waals surface area contributed by atoms with Gasteiger partial charge in [-0.3, -0.25) is 4.79 Å². The molecule has 0 amide bonds. The van der Waals surface area contributed by atoms with E-state index >= 15 is 0 Å². The number of carbonyl (C=O) groups excluding carboxylic acids is 1. The fraction of sp³-hybridized carbons (Fsp3) is 0.222. The van der Waals surface area contributed by atoms with Gasteiger partial charge in [0.1, 0.15) is 0 Å². The molecule has 2 aromatic heterocycles. The van der Waals surface area contributed by atoms with Crippen LogP contribution < -0.4 is 5.73 Å². The lowest BCUT2D eigenvalue weighted by atomic mass is 10.0. The summed E-state index contributed by atoms with van der Waals surface area (Å²) in [5, 5.41) is 1.37. The average Bonchev–Trinajstić information content (AvgIpc) is 2.88. The molecule has 1 aliphatic heterocycles. The Bertz CT molecular complexity index is 1010. The van der Waals surface area contributed by atoms with Crippen molar-refractivity contribution in [3.8, 4) is 0 Å². The molecule has 0 unspecified atom stereocenters. The van der Waals surface area contributed by atoms with E-state index in [2.05, 4.69) is 16.9 Å².